The number of amides is 1. The molecule has 2 aliphatic heterocycles. The third-order valence-corrected chi connectivity index (χ3v) is 6.72. The number of benzene rings is 2. The molecule has 0 bridgehead atoms. The van der Waals surface area contributed by atoms with Gasteiger partial charge in [0.15, 0.2) is 0 Å². The highest BCUT2D eigenvalue weighted by atomic mass is 16.5. The molecule has 1 amide bonds. The topological polar surface area (TPSA) is 91.5 Å². The van der Waals surface area contributed by atoms with Gasteiger partial charge in [0.25, 0.3) is 0 Å². The lowest BCUT2D eigenvalue weighted by atomic mass is 9.95. The van der Waals surface area contributed by atoms with Crippen LogP contribution in [0.25, 0.3) is 11.1 Å². The summed E-state index contributed by atoms with van der Waals surface area (Å²) >= 11 is 0. The Bertz CT molecular complexity index is 1140. The third kappa shape index (κ3) is 4.93. The van der Waals surface area contributed by atoms with Gasteiger partial charge >= 0.3 is 0 Å². The number of H-pyrrole nitrogens is 1. The normalized spacial score (nSPS) is 18.8. The number of piperidine rings is 1. The number of carbonyl (C=O) groups is 1. The molecule has 2 aliphatic rings. The van der Waals surface area contributed by atoms with E-state index in [-0.39, 0.29) is 18.1 Å². The van der Waals surface area contributed by atoms with Crippen molar-refractivity contribution in [3.63, 3.8) is 0 Å². The van der Waals surface area contributed by atoms with E-state index < -0.39 is 0 Å². The van der Waals surface area contributed by atoms with Gasteiger partial charge in [-0.2, -0.15) is 5.10 Å². The molecule has 8 heteroatoms. The number of likely N-dealkylation sites (tertiary alicyclic amines) is 1. The van der Waals surface area contributed by atoms with Crippen molar-refractivity contribution < 1.29 is 14.3 Å². The van der Waals surface area contributed by atoms with Gasteiger partial charge in [0.1, 0.15) is 17.6 Å². The predicted octanol–water partition coefficient (Wildman–Crippen LogP) is 3.21. The summed E-state index contributed by atoms with van der Waals surface area (Å²) in [6.07, 6.45) is 6.29. The van der Waals surface area contributed by atoms with Crippen molar-refractivity contribution in [3.05, 3.63) is 59.9 Å². The maximum atomic E-state index is 13.3. The molecule has 3 N–H and O–H groups in total. The van der Waals surface area contributed by atoms with Crippen LogP contribution in [-0.2, 0) is 17.8 Å². The van der Waals surface area contributed by atoms with Gasteiger partial charge in [-0.3, -0.25) is 9.89 Å². The maximum Gasteiger partial charge on any atom is 0.241 e. The zero-order valence-electron chi connectivity index (χ0n) is 19.6. The van der Waals surface area contributed by atoms with Crippen LogP contribution in [0.5, 0.6) is 11.5 Å². The van der Waals surface area contributed by atoms with Crippen LogP contribution >= 0.6 is 0 Å². The van der Waals surface area contributed by atoms with E-state index in [9.17, 15) is 4.79 Å². The molecular weight excluding hydrogens is 430 g/mol. The summed E-state index contributed by atoms with van der Waals surface area (Å²) in [4.78, 5) is 15.6. The predicted molar refractivity (Wildman–Crippen MR) is 131 cm³/mol. The SMILES string of the molecule is COc1ccc2c(c1)C[C@H](C(=O)Nc1ccc(-c3cn[nH]c3)cc1OC1CCN(C)CC1)NC2. The summed E-state index contributed by atoms with van der Waals surface area (Å²) in [6.45, 7) is 2.65. The average Bonchev–Trinajstić information content (AvgIpc) is 3.41. The minimum atomic E-state index is -0.329. The number of aromatic nitrogens is 2. The fourth-order valence-electron chi connectivity index (χ4n) is 4.62. The highest BCUT2D eigenvalue weighted by Crippen LogP contribution is 2.33. The molecule has 8 nitrogen and oxygen atoms in total. The van der Waals surface area contributed by atoms with Gasteiger partial charge in [-0.1, -0.05) is 12.1 Å². The molecule has 1 aromatic heterocycles. The zero-order chi connectivity index (χ0) is 23.5. The van der Waals surface area contributed by atoms with Crippen LogP contribution in [0.3, 0.4) is 0 Å². The second kappa shape index (κ2) is 9.87. The quantitative estimate of drug-likeness (QED) is 0.522. The van der Waals surface area contributed by atoms with Crippen molar-refractivity contribution in [2.24, 2.45) is 0 Å². The van der Waals surface area contributed by atoms with Gasteiger partial charge in [-0.15, -0.1) is 0 Å². The van der Waals surface area contributed by atoms with Gasteiger partial charge in [0, 0.05) is 31.4 Å². The average molecular weight is 462 g/mol. The van der Waals surface area contributed by atoms with E-state index in [1.165, 1.54) is 5.56 Å². The van der Waals surface area contributed by atoms with E-state index in [2.05, 4.69) is 38.8 Å². The monoisotopic (exact) mass is 461 g/mol. The fourth-order valence-corrected chi connectivity index (χ4v) is 4.62. The Morgan fingerprint density at radius 1 is 1.12 bits per heavy atom. The Kier molecular flexibility index (Phi) is 6.51. The second-order valence-corrected chi connectivity index (χ2v) is 9.08. The molecule has 2 aromatic carbocycles. The van der Waals surface area contributed by atoms with Crippen LogP contribution in [-0.4, -0.2) is 60.4 Å². The molecule has 34 heavy (non-hydrogen) atoms. The number of hydrogen-bond acceptors (Lipinski definition) is 6. The van der Waals surface area contributed by atoms with Crippen LogP contribution in [0.4, 0.5) is 5.69 Å². The van der Waals surface area contributed by atoms with Gasteiger partial charge in [-0.05, 0) is 67.3 Å². The largest absolute Gasteiger partial charge is 0.497 e. The summed E-state index contributed by atoms with van der Waals surface area (Å²) < 4.78 is 11.8. The van der Waals surface area contributed by atoms with Crippen molar-refractivity contribution >= 4 is 11.6 Å². The lowest BCUT2D eigenvalue weighted by molar-refractivity contribution is -0.118. The summed E-state index contributed by atoms with van der Waals surface area (Å²) in [5, 5.41) is 13.4. The van der Waals surface area contributed by atoms with E-state index in [1.807, 2.05) is 36.5 Å². The van der Waals surface area contributed by atoms with Crippen LogP contribution < -0.4 is 20.1 Å². The smallest absolute Gasteiger partial charge is 0.241 e. The van der Waals surface area contributed by atoms with Crippen LogP contribution in [0.1, 0.15) is 24.0 Å². The highest BCUT2D eigenvalue weighted by molar-refractivity contribution is 5.97. The van der Waals surface area contributed by atoms with Gasteiger partial charge in [0.05, 0.1) is 25.0 Å². The Hall–Kier alpha value is -3.36. The minimum absolute atomic E-state index is 0.0715. The van der Waals surface area contributed by atoms with Crippen LogP contribution in [0, 0.1) is 0 Å². The number of methoxy groups -OCH3 is 1. The summed E-state index contributed by atoms with van der Waals surface area (Å²) in [5.41, 5.74) is 4.99. The number of hydrogen-bond donors (Lipinski definition) is 3. The Morgan fingerprint density at radius 3 is 2.74 bits per heavy atom. The molecule has 1 fully saturated rings. The number of aromatic amines is 1. The molecule has 5 rings (SSSR count). The Morgan fingerprint density at radius 2 is 1.97 bits per heavy atom. The van der Waals surface area contributed by atoms with E-state index in [1.54, 1.807) is 13.3 Å². The number of fused-ring (bicyclic) bond motifs is 1. The molecule has 0 radical (unpaired) electrons. The number of anilines is 1. The van der Waals surface area contributed by atoms with E-state index in [0.29, 0.717) is 24.4 Å². The number of ether oxygens (including phenoxy) is 2. The van der Waals surface area contributed by atoms with Crippen molar-refractivity contribution in [2.45, 2.75) is 38.0 Å². The first kappa shape index (κ1) is 22.4. The summed E-state index contributed by atoms with van der Waals surface area (Å²) in [6, 6.07) is 11.6. The lowest BCUT2D eigenvalue weighted by Gasteiger charge is -2.30. The van der Waals surface area contributed by atoms with Crippen LogP contribution in [0.15, 0.2) is 48.8 Å². The first-order chi connectivity index (χ1) is 16.6. The molecule has 178 valence electrons. The highest BCUT2D eigenvalue weighted by Gasteiger charge is 2.26. The first-order valence-electron chi connectivity index (χ1n) is 11.8. The van der Waals surface area contributed by atoms with Crippen molar-refractivity contribution in [1.82, 2.24) is 20.4 Å². The first-order valence-corrected chi connectivity index (χ1v) is 11.8. The van der Waals surface area contributed by atoms with Gasteiger partial charge in [-0.25, -0.2) is 0 Å². The minimum Gasteiger partial charge on any atom is -0.497 e. The number of nitrogens with zero attached hydrogens (tertiary/aromatic N) is 2. The Balaban J connectivity index is 1.35. The van der Waals surface area contributed by atoms with E-state index in [4.69, 9.17) is 9.47 Å². The zero-order valence-corrected chi connectivity index (χ0v) is 19.6. The Labute approximate surface area is 199 Å². The van der Waals surface area contributed by atoms with Gasteiger partial charge in [0.2, 0.25) is 5.91 Å². The molecule has 3 aromatic rings. The van der Waals surface area contributed by atoms with Crippen molar-refractivity contribution in [3.8, 4) is 22.6 Å². The van der Waals surface area contributed by atoms with Crippen molar-refractivity contribution in [1.29, 1.82) is 0 Å². The summed E-state index contributed by atoms with van der Waals surface area (Å²) in [5.74, 6) is 1.43. The molecular formula is C26H31N5O3. The molecule has 0 aliphatic carbocycles. The molecule has 3 heterocycles. The molecule has 0 unspecified atom stereocenters. The molecule has 1 saturated heterocycles. The number of rotatable bonds is 6. The summed E-state index contributed by atoms with van der Waals surface area (Å²) in [7, 11) is 3.79. The second-order valence-electron chi connectivity index (χ2n) is 9.08. The molecule has 1 atom stereocenters. The standard InChI is InChI=1S/C26H31N5O3/c1-31-9-7-21(8-10-31)34-25-13-17(20-15-28-29-16-20)4-6-23(25)30-26(32)24-12-19-11-22(33-2)5-3-18(19)14-27-24/h3-6,11,13,15-16,21,24,27H,7-10,12,14H2,1-2H3,(H,28,29)(H,30,32)/t24-/m1/s1. The number of nitrogens with one attached hydrogen (secondary N) is 3. The van der Waals surface area contributed by atoms with E-state index >= 15 is 0 Å². The third-order valence-electron chi connectivity index (χ3n) is 6.72. The number of carbonyl (C=O) groups excluding carboxylic acids is 1. The molecule has 0 saturated carbocycles. The fraction of sp³-hybridized carbons (Fsp3) is 0.385. The lowest BCUT2D eigenvalue weighted by Crippen LogP contribution is -2.44. The maximum absolute atomic E-state index is 13.3. The van der Waals surface area contributed by atoms with E-state index in [0.717, 1.165) is 48.4 Å². The van der Waals surface area contributed by atoms with Gasteiger partial charge < -0.3 is 25.0 Å². The molecule has 0 spiro atoms. The van der Waals surface area contributed by atoms with Crippen molar-refractivity contribution in [2.75, 3.05) is 32.6 Å². The van der Waals surface area contributed by atoms with Crippen LogP contribution in [0.2, 0.25) is 0 Å².